The molecule has 7 rings (SSSR count). The van der Waals surface area contributed by atoms with Crippen molar-refractivity contribution in [2.45, 2.75) is 0 Å². The van der Waals surface area contributed by atoms with Gasteiger partial charge >= 0.3 is 0 Å². The number of rotatable bonds is 2. The lowest BCUT2D eigenvalue weighted by atomic mass is 9.97. The van der Waals surface area contributed by atoms with Crippen molar-refractivity contribution in [1.29, 1.82) is 0 Å². The Hall–Kier alpha value is -4.43. The van der Waals surface area contributed by atoms with Crippen molar-refractivity contribution in [3.05, 3.63) is 121 Å². The number of hydrogen-bond donors (Lipinski definition) is 0. The third kappa shape index (κ3) is 2.78. The molecule has 0 unspecified atom stereocenters. The minimum atomic E-state index is 0.942. The normalized spacial score (nSPS) is 11.6. The molecule has 33 heavy (non-hydrogen) atoms. The molecule has 0 amide bonds. The van der Waals surface area contributed by atoms with Crippen LogP contribution in [0.2, 0.25) is 0 Å². The molecule has 5 aromatic carbocycles. The first kappa shape index (κ1) is 18.2. The van der Waals surface area contributed by atoms with Crippen LogP contribution in [0.3, 0.4) is 0 Å². The first-order valence-corrected chi connectivity index (χ1v) is 11.2. The minimum Gasteiger partial charge on any atom is -0.294 e. The standard InChI is InChI=1S/C31H20N2/c1-2-10-24-21(8-1)9-7-13-25(24)22-16-18-28-23(20-22)17-19-31(32-28)33-29-14-5-3-11-26(29)27-12-4-6-15-30(27)33/h1-20H. The van der Waals surface area contributed by atoms with E-state index in [1.165, 1.54) is 43.7 Å². The maximum Gasteiger partial charge on any atom is 0.138 e. The Bertz CT molecular complexity index is 1770. The van der Waals surface area contributed by atoms with Crippen molar-refractivity contribution in [2.75, 3.05) is 0 Å². The Morgan fingerprint density at radius 2 is 1.15 bits per heavy atom. The lowest BCUT2D eigenvalue weighted by Gasteiger charge is -2.10. The van der Waals surface area contributed by atoms with Gasteiger partial charge in [-0.15, -0.1) is 0 Å². The van der Waals surface area contributed by atoms with E-state index in [2.05, 4.69) is 126 Å². The quantitative estimate of drug-likeness (QED) is 0.276. The molecule has 2 heteroatoms. The highest BCUT2D eigenvalue weighted by Gasteiger charge is 2.13. The molecule has 0 bridgehead atoms. The lowest BCUT2D eigenvalue weighted by Crippen LogP contribution is -1.97. The molecule has 0 atom stereocenters. The number of para-hydroxylation sites is 2. The van der Waals surface area contributed by atoms with Gasteiger partial charge in [-0.2, -0.15) is 0 Å². The molecule has 0 saturated carbocycles. The molecule has 0 radical (unpaired) electrons. The van der Waals surface area contributed by atoms with E-state index < -0.39 is 0 Å². The van der Waals surface area contributed by atoms with E-state index in [9.17, 15) is 0 Å². The Morgan fingerprint density at radius 3 is 1.94 bits per heavy atom. The summed E-state index contributed by atoms with van der Waals surface area (Å²) in [7, 11) is 0. The Balaban J connectivity index is 1.42. The van der Waals surface area contributed by atoms with Crippen molar-refractivity contribution >= 4 is 43.5 Å². The van der Waals surface area contributed by atoms with E-state index >= 15 is 0 Å². The predicted molar refractivity (Wildman–Crippen MR) is 139 cm³/mol. The second-order valence-corrected chi connectivity index (χ2v) is 8.47. The molecule has 0 aliphatic rings. The van der Waals surface area contributed by atoms with Crippen LogP contribution in [0.4, 0.5) is 0 Å². The third-order valence-corrected chi connectivity index (χ3v) is 6.58. The summed E-state index contributed by atoms with van der Waals surface area (Å²) < 4.78 is 2.27. The zero-order chi connectivity index (χ0) is 21.8. The molecule has 0 saturated heterocycles. The average molecular weight is 421 g/mol. The van der Waals surface area contributed by atoms with Crippen molar-refractivity contribution in [3.8, 4) is 16.9 Å². The molecule has 2 aromatic heterocycles. The summed E-state index contributed by atoms with van der Waals surface area (Å²) in [6.07, 6.45) is 0. The van der Waals surface area contributed by atoms with Gasteiger partial charge in [0.25, 0.3) is 0 Å². The lowest BCUT2D eigenvalue weighted by molar-refractivity contribution is 1.10. The highest BCUT2D eigenvalue weighted by molar-refractivity contribution is 6.09. The minimum absolute atomic E-state index is 0.942. The summed E-state index contributed by atoms with van der Waals surface area (Å²) in [4.78, 5) is 5.08. The van der Waals surface area contributed by atoms with Crippen LogP contribution in [0.15, 0.2) is 121 Å². The molecule has 0 N–H and O–H groups in total. The third-order valence-electron chi connectivity index (χ3n) is 6.58. The van der Waals surface area contributed by atoms with Crippen molar-refractivity contribution in [2.24, 2.45) is 0 Å². The van der Waals surface area contributed by atoms with Crippen LogP contribution in [0.1, 0.15) is 0 Å². The molecule has 7 aromatic rings. The van der Waals surface area contributed by atoms with E-state index in [0.717, 1.165) is 16.7 Å². The summed E-state index contributed by atoms with van der Waals surface area (Å²) in [5.41, 5.74) is 5.82. The van der Waals surface area contributed by atoms with Crippen LogP contribution in [-0.2, 0) is 0 Å². The Morgan fingerprint density at radius 1 is 0.485 bits per heavy atom. The van der Waals surface area contributed by atoms with Gasteiger partial charge in [0.1, 0.15) is 5.82 Å². The van der Waals surface area contributed by atoms with E-state index in [4.69, 9.17) is 4.98 Å². The molecule has 0 aliphatic carbocycles. The number of nitrogens with zero attached hydrogens (tertiary/aromatic N) is 2. The summed E-state index contributed by atoms with van der Waals surface area (Å²) >= 11 is 0. The second-order valence-electron chi connectivity index (χ2n) is 8.47. The molecular formula is C31H20N2. The van der Waals surface area contributed by atoms with Gasteiger partial charge in [0, 0.05) is 16.2 Å². The molecule has 0 spiro atoms. The SMILES string of the molecule is c1ccc2c(-c3ccc4nc(-n5c6ccccc6c6ccccc65)ccc4c3)cccc2c1. The van der Waals surface area contributed by atoms with E-state index in [0.29, 0.717) is 0 Å². The molecule has 154 valence electrons. The summed E-state index contributed by atoms with van der Waals surface area (Å²) in [5.74, 6) is 0.942. The van der Waals surface area contributed by atoms with Gasteiger partial charge < -0.3 is 0 Å². The molecule has 0 fully saturated rings. The maximum atomic E-state index is 5.08. The van der Waals surface area contributed by atoms with E-state index in [1.54, 1.807) is 0 Å². The van der Waals surface area contributed by atoms with Crippen LogP contribution in [0.5, 0.6) is 0 Å². The Labute approximate surface area is 191 Å². The van der Waals surface area contributed by atoms with Gasteiger partial charge in [-0.1, -0.05) is 84.9 Å². The summed E-state index contributed by atoms with van der Waals surface area (Å²) in [6, 6.07) is 43.0. The van der Waals surface area contributed by atoms with Gasteiger partial charge in [0.05, 0.1) is 16.6 Å². The van der Waals surface area contributed by atoms with Gasteiger partial charge in [0.15, 0.2) is 0 Å². The number of hydrogen-bond acceptors (Lipinski definition) is 1. The average Bonchev–Trinajstić information content (AvgIpc) is 3.22. The fourth-order valence-corrected chi connectivity index (χ4v) is 5.05. The molecular weight excluding hydrogens is 400 g/mol. The topological polar surface area (TPSA) is 17.8 Å². The number of pyridine rings is 1. The van der Waals surface area contributed by atoms with Crippen molar-refractivity contribution in [1.82, 2.24) is 9.55 Å². The van der Waals surface area contributed by atoms with Crippen LogP contribution in [0.25, 0.3) is 60.4 Å². The van der Waals surface area contributed by atoms with Crippen LogP contribution in [0, 0.1) is 0 Å². The number of fused-ring (bicyclic) bond motifs is 5. The van der Waals surface area contributed by atoms with Crippen molar-refractivity contribution < 1.29 is 0 Å². The monoisotopic (exact) mass is 420 g/mol. The van der Waals surface area contributed by atoms with Crippen LogP contribution in [-0.4, -0.2) is 9.55 Å². The fourth-order valence-electron chi connectivity index (χ4n) is 5.05. The second kappa shape index (κ2) is 7.04. The van der Waals surface area contributed by atoms with Gasteiger partial charge in [-0.25, -0.2) is 4.98 Å². The smallest absolute Gasteiger partial charge is 0.138 e. The van der Waals surface area contributed by atoms with Crippen molar-refractivity contribution in [3.63, 3.8) is 0 Å². The Kier molecular flexibility index (Phi) is 3.88. The molecule has 2 heterocycles. The van der Waals surface area contributed by atoms with Crippen LogP contribution < -0.4 is 0 Å². The molecule has 0 aliphatic heterocycles. The summed E-state index contributed by atoms with van der Waals surface area (Å²) in [6.45, 7) is 0. The predicted octanol–water partition coefficient (Wildman–Crippen LogP) is 8.15. The molecule has 2 nitrogen and oxygen atoms in total. The zero-order valence-corrected chi connectivity index (χ0v) is 17.9. The maximum absolute atomic E-state index is 5.08. The highest BCUT2D eigenvalue weighted by Crippen LogP contribution is 2.33. The highest BCUT2D eigenvalue weighted by atomic mass is 15.1. The van der Waals surface area contributed by atoms with Gasteiger partial charge in [-0.3, -0.25) is 4.57 Å². The first-order chi connectivity index (χ1) is 16.4. The van der Waals surface area contributed by atoms with Gasteiger partial charge in [-0.05, 0) is 58.3 Å². The number of benzene rings is 5. The largest absolute Gasteiger partial charge is 0.294 e. The first-order valence-electron chi connectivity index (χ1n) is 11.2. The van der Waals surface area contributed by atoms with E-state index in [1.807, 2.05) is 0 Å². The van der Waals surface area contributed by atoms with Crippen LogP contribution >= 0.6 is 0 Å². The van der Waals surface area contributed by atoms with Gasteiger partial charge in [0.2, 0.25) is 0 Å². The zero-order valence-electron chi connectivity index (χ0n) is 17.9. The fraction of sp³-hybridized carbons (Fsp3) is 0. The number of aromatic nitrogens is 2. The summed E-state index contributed by atoms with van der Waals surface area (Å²) in [5, 5.41) is 6.18. The van der Waals surface area contributed by atoms with E-state index in [-0.39, 0.29) is 0 Å².